The van der Waals surface area contributed by atoms with Gasteiger partial charge in [-0.15, -0.1) is 0 Å². The van der Waals surface area contributed by atoms with Crippen LogP contribution in [0.25, 0.3) is 0 Å². The molecule has 2 N–H and O–H groups in total. The number of rotatable bonds is 8. The van der Waals surface area contributed by atoms with Crippen LogP contribution in [0.15, 0.2) is 65.3 Å². The third-order valence-electron chi connectivity index (χ3n) is 3.34. The number of hydrogen-bond donors (Lipinski definition) is 2. The number of carbonyl (C=O) groups excluding carboxylic acids is 2. The number of carbonyl (C=O) groups is 2. The van der Waals surface area contributed by atoms with Gasteiger partial charge < -0.3 is 19.7 Å². The van der Waals surface area contributed by atoms with Crippen molar-refractivity contribution in [3.8, 4) is 11.5 Å². The van der Waals surface area contributed by atoms with Gasteiger partial charge in [-0.05, 0) is 53.6 Å². The Morgan fingerprint density at radius 3 is 2.21 bits per heavy atom. The average Bonchev–Trinajstić information content (AvgIpc) is 2.70. The molecule has 0 aromatic heterocycles. The molecule has 0 unspecified atom stereocenters. The number of nitrogens with zero attached hydrogens (tertiary/aromatic N) is 2. The molecular weight excluding hydrogens is 364 g/mol. The third-order valence-corrected chi connectivity index (χ3v) is 3.34. The predicted molar refractivity (Wildman–Crippen MR) is 103 cm³/mol. The second kappa shape index (κ2) is 10.3. The van der Waals surface area contributed by atoms with Crippen molar-refractivity contribution in [2.75, 3.05) is 13.2 Å². The van der Waals surface area contributed by atoms with E-state index in [-0.39, 0.29) is 30.3 Å². The minimum atomic E-state index is -0.769. The first-order valence-electron chi connectivity index (χ1n) is 8.14. The maximum Gasteiger partial charge on any atom is 0.342 e. The Balaban J connectivity index is 1.95. The number of hydrogen-bond acceptors (Lipinski definition) is 8. The highest BCUT2D eigenvalue weighted by Crippen LogP contribution is 2.19. The van der Waals surface area contributed by atoms with E-state index >= 15 is 0 Å². The molecule has 0 fully saturated rings. The lowest BCUT2D eigenvalue weighted by atomic mass is 10.1. The van der Waals surface area contributed by atoms with Gasteiger partial charge in [-0.25, -0.2) is 9.59 Å². The van der Waals surface area contributed by atoms with Crippen molar-refractivity contribution in [3.63, 3.8) is 0 Å². The molecule has 144 valence electrons. The summed E-state index contributed by atoms with van der Waals surface area (Å²) in [4.78, 5) is 22.9. The highest BCUT2D eigenvalue weighted by atomic mass is 16.6. The summed E-state index contributed by atoms with van der Waals surface area (Å²) in [6.45, 7) is 2.97. The number of benzene rings is 2. The fraction of sp³-hybridized carbons (Fsp3) is 0.100. The molecule has 0 heterocycles. The van der Waals surface area contributed by atoms with Crippen molar-refractivity contribution in [1.29, 1.82) is 0 Å². The Bertz CT molecular complexity index is 903. The molecule has 28 heavy (non-hydrogen) atoms. The van der Waals surface area contributed by atoms with Gasteiger partial charge >= 0.3 is 11.9 Å². The van der Waals surface area contributed by atoms with Crippen molar-refractivity contribution in [2.24, 2.45) is 10.2 Å². The van der Waals surface area contributed by atoms with Crippen LogP contribution in [-0.2, 0) is 14.3 Å². The van der Waals surface area contributed by atoms with Gasteiger partial charge in [-0.2, -0.15) is 10.2 Å². The lowest BCUT2D eigenvalue weighted by Gasteiger charge is -2.07. The molecule has 2 aromatic carbocycles. The predicted octanol–water partition coefficient (Wildman–Crippen LogP) is 2.44. The number of ether oxygens (including phenoxy) is 2. The van der Waals surface area contributed by atoms with Gasteiger partial charge in [0.2, 0.25) is 0 Å². The first kappa shape index (κ1) is 20.4. The molecule has 8 heteroatoms. The Kier molecular flexibility index (Phi) is 7.47. The van der Waals surface area contributed by atoms with E-state index in [2.05, 4.69) is 16.8 Å². The zero-order valence-electron chi connectivity index (χ0n) is 14.8. The maximum absolute atomic E-state index is 12.0. The van der Waals surface area contributed by atoms with Crippen molar-refractivity contribution in [1.82, 2.24) is 0 Å². The summed E-state index contributed by atoms with van der Waals surface area (Å²) in [5.74, 6) is -1.49. The van der Waals surface area contributed by atoms with Crippen LogP contribution in [0, 0.1) is 0 Å². The standard InChI is InChI=1S/C20H18N2O6/c1-2-19(25)27-9-10-28-20(26)17-11-15(5-8-18(17)24)13-22-21-12-14-3-6-16(23)7-4-14/h2-8,11-13,23-24H,1,9-10H2. The Morgan fingerprint density at radius 2 is 1.54 bits per heavy atom. The molecule has 2 aromatic rings. The number of phenols is 2. The fourth-order valence-electron chi connectivity index (χ4n) is 1.97. The fourth-order valence-corrected chi connectivity index (χ4v) is 1.97. The molecule has 0 aliphatic heterocycles. The highest BCUT2D eigenvalue weighted by Gasteiger charge is 2.13. The Hall–Kier alpha value is -3.94. The lowest BCUT2D eigenvalue weighted by Crippen LogP contribution is -2.13. The zero-order chi connectivity index (χ0) is 20.4. The molecule has 0 amide bonds. The molecule has 0 aliphatic rings. The van der Waals surface area contributed by atoms with Gasteiger partial charge in [0, 0.05) is 6.08 Å². The minimum absolute atomic E-state index is 0.0542. The van der Waals surface area contributed by atoms with E-state index in [4.69, 9.17) is 9.47 Å². The second-order valence-electron chi connectivity index (χ2n) is 5.36. The molecule has 0 saturated carbocycles. The quantitative estimate of drug-likeness (QED) is 0.238. The molecule has 0 saturated heterocycles. The van der Waals surface area contributed by atoms with Gasteiger partial charge in [0.1, 0.15) is 30.3 Å². The number of aromatic hydroxyl groups is 2. The van der Waals surface area contributed by atoms with Crippen LogP contribution in [-0.4, -0.2) is 47.8 Å². The molecule has 0 atom stereocenters. The van der Waals surface area contributed by atoms with Crippen LogP contribution in [0.1, 0.15) is 21.5 Å². The van der Waals surface area contributed by atoms with Crippen LogP contribution in [0.4, 0.5) is 0 Å². The van der Waals surface area contributed by atoms with Gasteiger partial charge in [0.15, 0.2) is 0 Å². The van der Waals surface area contributed by atoms with Crippen LogP contribution in [0.2, 0.25) is 0 Å². The molecule has 0 bridgehead atoms. The molecule has 8 nitrogen and oxygen atoms in total. The second-order valence-corrected chi connectivity index (χ2v) is 5.36. The summed E-state index contributed by atoms with van der Waals surface area (Å²) < 4.78 is 9.64. The Morgan fingerprint density at radius 1 is 0.929 bits per heavy atom. The zero-order valence-corrected chi connectivity index (χ0v) is 14.8. The first-order valence-corrected chi connectivity index (χ1v) is 8.14. The molecule has 0 radical (unpaired) electrons. The van der Waals surface area contributed by atoms with E-state index in [0.29, 0.717) is 5.56 Å². The van der Waals surface area contributed by atoms with Gasteiger partial charge in [-0.1, -0.05) is 6.58 Å². The summed E-state index contributed by atoms with van der Waals surface area (Å²) in [5, 5.41) is 26.8. The molecule has 2 rings (SSSR count). The number of esters is 2. The van der Waals surface area contributed by atoms with Gasteiger partial charge in [0.05, 0.1) is 12.4 Å². The van der Waals surface area contributed by atoms with E-state index in [1.165, 1.54) is 36.7 Å². The van der Waals surface area contributed by atoms with Crippen molar-refractivity contribution in [2.45, 2.75) is 0 Å². The maximum atomic E-state index is 12.0. The highest BCUT2D eigenvalue weighted by molar-refractivity contribution is 5.95. The van der Waals surface area contributed by atoms with Crippen LogP contribution in [0.3, 0.4) is 0 Å². The monoisotopic (exact) mass is 382 g/mol. The van der Waals surface area contributed by atoms with Gasteiger partial charge in [-0.3, -0.25) is 0 Å². The third kappa shape index (κ3) is 6.41. The van der Waals surface area contributed by atoms with E-state index in [1.807, 2.05) is 0 Å². The SMILES string of the molecule is C=CC(=O)OCCOC(=O)c1cc(C=NN=Cc2ccc(O)cc2)ccc1O. The number of phenolic OH excluding ortho intramolecular Hbond substituents is 2. The summed E-state index contributed by atoms with van der Waals surface area (Å²) >= 11 is 0. The first-order chi connectivity index (χ1) is 13.5. The van der Waals surface area contributed by atoms with E-state index in [0.717, 1.165) is 11.6 Å². The van der Waals surface area contributed by atoms with Gasteiger partial charge in [0.25, 0.3) is 0 Å². The van der Waals surface area contributed by atoms with Crippen molar-refractivity contribution in [3.05, 3.63) is 71.8 Å². The average molecular weight is 382 g/mol. The van der Waals surface area contributed by atoms with E-state index < -0.39 is 11.9 Å². The van der Waals surface area contributed by atoms with Crippen LogP contribution < -0.4 is 0 Å². The summed E-state index contributed by atoms with van der Waals surface area (Å²) in [6, 6.07) is 10.7. The summed E-state index contributed by atoms with van der Waals surface area (Å²) in [6.07, 6.45) is 3.90. The normalized spacial score (nSPS) is 10.9. The minimum Gasteiger partial charge on any atom is -0.508 e. The molecular formula is C20H18N2O6. The van der Waals surface area contributed by atoms with E-state index in [1.54, 1.807) is 18.2 Å². The Labute approximate surface area is 161 Å². The van der Waals surface area contributed by atoms with E-state index in [9.17, 15) is 19.8 Å². The largest absolute Gasteiger partial charge is 0.508 e. The summed E-state index contributed by atoms with van der Waals surface area (Å²) in [5.41, 5.74) is 1.22. The molecule has 0 aliphatic carbocycles. The smallest absolute Gasteiger partial charge is 0.342 e. The van der Waals surface area contributed by atoms with Crippen LogP contribution in [0.5, 0.6) is 11.5 Å². The lowest BCUT2D eigenvalue weighted by molar-refractivity contribution is -0.138. The van der Waals surface area contributed by atoms with Crippen LogP contribution >= 0.6 is 0 Å². The van der Waals surface area contributed by atoms with Crippen molar-refractivity contribution >= 4 is 24.4 Å². The topological polar surface area (TPSA) is 118 Å². The summed E-state index contributed by atoms with van der Waals surface area (Å²) in [7, 11) is 0. The van der Waals surface area contributed by atoms with Crippen molar-refractivity contribution < 1.29 is 29.3 Å². The molecule has 0 spiro atoms.